The zero-order valence-corrected chi connectivity index (χ0v) is 11.1. The zero-order valence-electron chi connectivity index (χ0n) is 10.3. The first kappa shape index (κ1) is 11.3. The largest absolute Gasteiger partial charge is 0.335 e. The molecule has 0 fully saturated rings. The van der Waals surface area contributed by atoms with Gasteiger partial charge in [0.15, 0.2) is 0 Å². The number of nitrogens with zero attached hydrogens (tertiary/aromatic N) is 2. The van der Waals surface area contributed by atoms with Crippen LogP contribution in [0.25, 0.3) is 22.2 Å². The molecule has 3 aromatic rings. The Morgan fingerprint density at radius 3 is 2.50 bits per heavy atom. The van der Waals surface area contributed by atoms with E-state index in [1.807, 2.05) is 23.7 Å². The number of fused-ring (bicyclic) bond motifs is 1. The van der Waals surface area contributed by atoms with Crippen molar-refractivity contribution >= 4 is 22.6 Å². The summed E-state index contributed by atoms with van der Waals surface area (Å²) in [5.41, 5.74) is 4.57. The minimum Gasteiger partial charge on any atom is -0.335 e. The van der Waals surface area contributed by atoms with E-state index in [2.05, 4.69) is 42.4 Å². The van der Waals surface area contributed by atoms with E-state index in [4.69, 9.17) is 11.6 Å². The molecule has 3 rings (SSSR count). The predicted octanol–water partition coefficient (Wildman–Crippen LogP) is 4.20. The van der Waals surface area contributed by atoms with E-state index in [0.717, 1.165) is 11.0 Å². The summed E-state index contributed by atoms with van der Waals surface area (Å²) in [5, 5.41) is 1.66. The van der Waals surface area contributed by atoms with Crippen molar-refractivity contribution in [1.82, 2.24) is 9.55 Å². The molecule has 0 spiro atoms. The van der Waals surface area contributed by atoms with Gasteiger partial charge in [-0.05, 0) is 24.6 Å². The highest BCUT2D eigenvalue weighted by atomic mass is 35.5. The minimum absolute atomic E-state index is 0.527. The maximum absolute atomic E-state index is 5.94. The van der Waals surface area contributed by atoms with Crippen LogP contribution in [0.3, 0.4) is 0 Å². The molecule has 0 amide bonds. The Kier molecular flexibility index (Phi) is 2.60. The van der Waals surface area contributed by atoms with Gasteiger partial charge in [0.1, 0.15) is 10.8 Å². The molecule has 2 heterocycles. The molecule has 2 nitrogen and oxygen atoms in total. The molecule has 0 saturated carbocycles. The van der Waals surface area contributed by atoms with Gasteiger partial charge in [0.25, 0.3) is 0 Å². The number of aryl methyl sites for hydroxylation is 2. The molecule has 0 aliphatic carbocycles. The first-order chi connectivity index (χ1) is 8.65. The summed E-state index contributed by atoms with van der Waals surface area (Å²) in [6.45, 7) is 2.09. The highest BCUT2D eigenvalue weighted by molar-refractivity contribution is 6.29. The number of aromatic nitrogens is 2. The summed E-state index contributed by atoms with van der Waals surface area (Å²) in [4.78, 5) is 4.37. The molecule has 0 bridgehead atoms. The van der Waals surface area contributed by atoms with Crippen LogP contribution < -0.4 is 0 Å². The van der Waals surface area contributed by atoms with Gasteiger partial charge < -0.3 is 4.57 Å². The molecular weight excluding hydrogens is 244 g/mol. The maximum Gasteiger partial charge on any atom is 0.142 e. The smallest absolute Gasteiger partial charge is 0.142 e. The van der Waals surface area contributed by atoms with Crippen molar-refractivity contribution in [1.29, 1.82) is 0 Å². The number of hydrogen-bond donors (Lipinski definition) is 0. The molecule has 0 unspecified atom stereocenters. The van der Waals surface area contributed by atoms with Crippen LogP contribution in [0.15, 0.2) is 42.6 Å². The molecule has 0 aliphatic heterocycles. The monoisotopic (exact) mass is 256 g/mol. The summed E-state index contributed by atoms with van der Waals surface area (Å²) in [5.74, 6) is 0. The third kappa shape index (κ3) is 1.79. The normalized spacial score (nSPS) is 11.1. The van der Waals surface area contributed by atoms with Gasteiger partial charge in [0.2, 0.25) is 0 Å². The Morgan fingerprint density at radius 1 is 1.06 bits per heavy atom. The van der Waals surface area contributed by atoms with E-state index in [9.17, 15) is 0 Å². The van der Waals surface area contributed by atoms with Crippen LogP contribution >= 0.6 is 11.6 Å². The second-order valence-electron chi connectivity index (χ2n) is 4.52. The summed E-state index contributed by atoms with van der Waals surface area (Å²) in [6, 6.07) is 12.4. The van der Waals surface area contributed by atoms with E-state index >= 15 is 0 Å². The zero-order chi connectivity index (χ0) is 12.7. The molecule has 1 aromatic carbocycles. The van der Waals surface area contributed by atoms with Crippen molar-refractivity contribution in [2.75, 3.05) is 0 Å². The van der Waals surface area contributed by atoms with Gasteiger partial charge in [-0.15, -0.1) is 0 Å². The highest BCUT2D eigenvalue weighted by Crippen LogP contribution is 2.30. The van der Waals surface area contributed by atoms with E-state index in [1.54, 1.807) is 0 Å². The van der Waals surface area contributed by atoms with Crippen molar-refractivity contribution in [3.8, 4) is 11.1 Å². The molecule has 18 heavy (non-hydrogen) atoms. The quantitative estimate of drug-likeness (QED) is 0.597. The third-order valence-electron chi connectivity index (χ3n) is 3.15. The van der Waals surface area contributed by atoms with Crippen LogP contribution in [0.1, 0.15) is 5.56 Å². The van der Waals surface area contributed by atoms with Crippen LogP contribution in [-0.4, -0.2) is 9.55 Å². The topological polar surface area (TPSA) is 17.8 Å². The first-order valence-electron chi connectivity index (χ1n) is 5.84. The van der Waals surface area contributed by atoms with Crippen molar-refractivity contribution in [3.63, 3.8) is 0 Å². The lowest BCUT2D eigenvalue weighted by atomic mass is 10.0. The van der Waals surface area contributed by atoms with E-state index in [0.29, 0.717) is 5.15 Å². The number of rotatable bonds is 1. The fourth-order valence-electron chi connectivity index (χ4n) is 2.19. The average molecular weight is 257 g/mol. The first-order valence-corrected chi connectivity index (χ1v) is 6.21. The Hall–Kier alpha value is -1.80. The van der Waals surface area contributed by atoms with Gasteiger partial charge in [0.05, 0.1) is 0 Å². The Bertz CT molecular complexity index is 711. The van der Waals surface area contributed by atoms with Crippen molar-refractivity contribution in [2.24, 2.45) is 7.05 Å². The second-order valence-corrected chi connectivity index (χ2v) is 4.91. The van der Waals surface area contributed by atoms with Gasteiger partial charge in [0, 0.05) is 24.2 Å². The van der Waals surface area contributed by atoms with Gasteiger partial charge >= 0.3 is 0 Å². The van der Waals surface area contributed by atoms with Crippen LogP contribution in [-0.2, 0) is 7.05 Å². The lowest BCUT2D eigenvalue weighted by molar-refractivity contribution is 0.949. The fourth-order valence-corrected chi connectivity index (χ4v) is 2.33. The second kappa shape index (κ2) is 4.14. The van der Waals surface area contributed by atoms with Crippen molar-refractivity contribution in [3.05, 3.63) is 53.3 Å². The summed E-state index contributed by atoms with van der Waals surface area (Å²) < 4.78 is 2.01. The number of benzene rings is 1. The van der Waals surface area contributed by atoms with E-state index < -0.39 is 0 Å². The number of hydrogen-bond acceptors (Lipinski definition) is 1. The fraction of sp³-hybridized carbons (Fsp3) is 0.133. The number of halogens is 1. The Morgan fingerprint density at radius 2 is 1.78 bits per heavy atom. The molecule has 0 aliphatic rings. The molecule has 2 aromatic heterocycles. The van der Waals surface area contributed by atoms with Crippen molar-refractivity contribution < 1.29 is 0 Å². The highest BCUT2D eigenvalue weighted by Gasteiger charge is 2.09. The SMILES string of the molecule is Cc1ccc(-c2cn(C)c3nc(Cl)ccc23)cc1. The van der Waals surface area contributed by atoms with Gasteiger partial charge in [-0.2, -0.15) is 0 Å². The van der Waals surface area contributed by atoms with Crippen LogP contribution in [0.4, 0.5) is 0 Å². The van der Waals surface area contributed by atoms with Crippen LogP contribution in [0.5, 0.6) is 0 Å². The molecule has 0 saturated heterocycles. The Labute approximate surface area is 111 Å². The third-order valence-corrected chi connectivity index (χ3v) is 3.36. The van der Waals surface area contributed by atoms with E-state index in [1.165, 1.54) is 16.7 Å². The van der Waals surface area contributed by atoms with Crippen LogP contribution in [0, 0.1) is 6.92 Å². The summed E-state index contributed by atoms with van der Waals surface area (Å²) >= 11 is 5.94. The van der Waals surface area contributed by atoms with Gasteiger partial charge in [-0.25, -0.2) is 4.98 Å². The molecule has 0 radical (unpaired) electrons. The summed E-state index contributed by atoms with van der Waals surface area (Å²) in [7, 11) is 1.99. The molecule has 90 valence electrons. The lowest BCUT2D eigenvalue weighted by Crippen LogP contribution is -1.86. The number of pyridine rings is 1. The van der Waals surface area contributed by atoms with E-state index in [-0.39, 0.29) is 0 Å². The summed E-state index contributed by atoms with van der Waals surface area (Å²) in [6.07, 6.45) is 2.10. The predicted molar refractivity (Wildman–Crippen MR) is 75.9 cm³/mol. The molecular formula is C15H13ClN2. The minimum atomic E-state index is 0.527. The van der Waals surface area contributed by atoms with Crippen LogP contribution in [0.2, 0.25) is 5.15 Å². The molecule has 3 heteroatoms. The van der Waals surface area contributed by atoms with Gasteiger partial charge in [-0.1, -0.05) is 41.4 Å². The molecule has 0 N–H and O–H groups in total. The van der Waals surface area contributed by atoms with Gasteiger partial charge in [-0.3, -0.25) is 0 Å². The average Bonchev–Trinajstić information content (AvgIpc) is 2.68. The van der Waals surface area contributed by atoms with Crippen molar-refractivity contribution in [2.45, 2.75) is 6.92 Å². The standard InChI is InChI=1S/C15H13ClN2/c1-10-3-5-11(6-4-10)13-9-18(2)15-12(13)7-8-14(16)17-15/h3-9H,1-2H3. The Balaban J connectivity index is 2.26. The molecule has 0 atom stereocenters. The maximum atomic E-state index is 5.94. The lowest BCUT2D eigenvalue weighted by Gasteiger charge is -2.00.